The molecule has 0 fully saturated rings. The smallest absolute Gasteiger partial charge is 0.789 e. The Balaban J connectivity index is -0.000000720. The Morgan fingerprint density at radius 1 is 0.867 bits per heavy atom. The third kappa shape index (κ3) is 18.5. The fraction of sp³-hybridized carbons (Fsp3) is 0. The van der Waals surface area contributed by atoms with Crippen molar-refractivity contribution in [1.82, 2.24) is 0 Å². The van der Waals surface area contributed by atoms with Crippen LogP contribution in [-0.4, -0.2) is 14.7 Å². The van der Waals surface area contributed by atoms with E-state index in [9.17, 15) is 23.5 Å². The van der Waals surface area contributed by atoms with Crippen LogP contribution in [0.1, 0.15) is 0 Å². The molecule has 0 aliphatic carbocycles. The molecule has 1 atom stereocenters. The number of hydrogen-bond donors (Lipinski definition) is 3. The summed E-state index contributed by atoms with van der Waals surface area (Å²) < 4.78 is 35.7. The molecule has 0 bridgehead atoms. The molecule has 80 valence electrons. The molecule has 0 rings (SSSR count). The van der Waals surface area contributed by atoms with Gasteiger partial charge in [0.1, 0.15) is 0 Å². The maximum atomic E-state index is 10.3. The van der Waals surface area contributed by atoms with E-state index in [0.29, 0.717) is 0 Å². The van der Waals surface area contributed by atoms with E-state index in [2.05, 4.69) is 8.62 Å². The zero-order valence-electron chi connectivity index (χ0n) is 7.54. The van der Waals surface area contributed by atoms with Crippen LogP contribution in [0.2, 0.25) is 0 Å². The molecule has 0 aromatic carbocycles. The van der Waals surface area contributed by atoms with Gasteiger partial charge in [0.15, 0.2) is 0 Å². The maximum Gasteiger partial charge on any atom is 1.00 e. The zero-order valence-corrected chi connectivity index (χ0v) is 22.8. The number of phosphoric acid groups is 3. The molecule has 0 amide bonds. The van der Waals surface area contributed by atoms with Crippen molar-refractivity contribution in [1.29, 1.82) is 0 Å². The van der Waals surface area contributed by atoms with Crippen molar-refractivity contribution in [2.45, 2.75) is 0 Å². The molecule has 1 unspecified atom stereocenters. The Hall–Kier alpha value is 4.51. The normalized spacial score (nSPS) is 15.8. The monoisotopic (exact) mass is 522 g/mol. The summed E-state index contributed by atoms with van der Waals surface area (Å²) >= 11 is 0. The maximum absolute atomic E-state index is 10.3. The average molecular weight is 522 g/mol. The van der Waals surface area contributed by atoms with Gasteiger partial charge in [0.2, 0.25) is 0 Å². The second-order valence-electron chi connectivity index (χ2n) is 1.57. The van der Waals surface area contributed by atoms with E-state index in [0.717, 1.165) is 0 Å². The molecule has 15 heavy (non-hydrogen) atoms. The van der Waals surface area contributed by atoms with Crippen LogP contribution in [0, 0.1) is 0 Å². The first-order valence-electron chi connectivity index (χ1n) is 2.24. The van der Waals surface area contributed by atoms with Crippen LogP contribution < -0.4 is 148 Å². The summed E-state index contributed by atoms with van der Waals surface area (Å²) in [5, 5.41) is 0. The van der Waals surface area contributed by atoms with Gasteiger partial charge in [-0.25, -0.2) is 9.13 Å². The van der Waals surface area contributed by atoms with E-state index >= 15 is 0 Å². The van der Waals surface area contributed by atoms with Crippen molar-refractivity contribution in [2.24, 2.45) is 0 Å². The van der Waals surface area contributed by atoms with Crippen molar-refractivity contribution in [3.8, 4) is 0 Å². The molecule has 0 spiro atoms. The summed E-state index contributed by atoms with van der Waals surface area (Å²) in [6, 6.07) is 0. The van der Waals surface area contributed by atoms with E-state index in [1.54, 1.807) is 0 Å². The Morgan fingerprint density at radius 3 is 1.40 bits per heavy atom. The third-order valence-electron chi connectivity index (χ3n) is 0.413. The van der Waals surface area contributed by atoms with Gasteiger partial charge in [0, 0.05) is 0 Å². The van der Waals surface area contributed by atoms with E-state index in [1.165, 1.54) is 0 Å². The first-order chi connectivity index (χ1) is 5.41. The molecule has 0 radical (unpaired) electrons. The summed E-state index contributed by atoms with van der Waals surface area (Å²) in [6.45, 7) is 0. The van der Waals surface area contributed by atoms with Crippen molar-refractivity contribution in [3.05, 3.63) is 0 Å². The first kappa shape index (κ1) is 24.5. The summed E-state index contributed by atoms with van der Waals surface area (Å²) in [4.78, 5) is 43.5. The molecule has 15 heteroatoms. The second-order valence-corrected chi connectivity index (χ2v) is 5.69. The van der Waals surface area contributed by atoms with Crippen LogP contribution in [0.15, 0.2) is 0 Å². The largest absolute Gasteiger partial charge is 1.00 e. The van der Waals surface area contributed by atoms with Crippen LogP contribution in [0.4, 0.5) is 0 Å². The van der Waals surface area contributed by atoms with Crippen LogP contribution in [0.5, 0.6) is 0 Å². The van der Waals surface area contributed by atoms with E-state index in [1.807, 2.05) is 0 Å². The third-order valence-corrected chi connectivity index (χ3v) is 3.71. The van der Waals surface area contributed by atoms with Crippen molar-refractivity contribution in [3.63, 3.8) is 0 Å². The van der Waals surface area contributed by atoms with Crippen molar-refractivity contribution >= 4 is 23.5 Å². The van der Waals surface area contributed by atoms with Crippen molar-refractivity contribution < 1.29 is 185 Å². The standard InChI is InChI=1S/2Cs.H5O10P3/c;;1-11(2,3)9-13(7,8)10-12(4,5)6/h;;(H,7,8)(H2,1,2,3)(H2,4,5,6)/q2*+1;/p-2. The van der Waals surface area contributed by atoms with Gasteiger partial charge in [0.05, 0.1) is 7.82 Å². The van der Waals surface area contributed by atoms with E-state index in [-0.39, 0.29) is 138 Å². The van der Waals surface area contributed by atoms with E-state index < -0.39 is 23.5 Å². The molecule has 0 saturated heterocycles. The Labute approximate surface area is 202 Å². The van der Waals surface area contributed by atoms with Crippen LogP contribution in [0.3, 0.4) is 0 Å². The molecule has 10 nitrogen and oxygen atoms in total. The van der Waals surface area contributed by atoms with Gasteiger partial charge in [0.25, 0.3) is 0 Å². The molecule has 0 aromatic rings. The Kier molecular flexibility index (Phi) is 15.5. The number of hydrogen-bond acceptors (Lipinski definition) is 7. The summed E-state index contributed by atoms with van der Waals surface area (Å²) in [5.41, 5.74) is 0. The molecule has 0 aliphatic heterocycles. The topological polar surface area (TPSA) is 176 Å². The van der Waals surface area contributed by atoms with Gasteiger partial charge < -0.3 is 29.0 Å². The van der Waals surface area contributed by atoms with Gasteiger partial charge in [-0.3, -0.25) is 4.31 Å². The average Bonchev–Trinajstić information content (AvgIpc) is 1.43. The molecular weight excluding hydrogens is 519 g/mol. The Bertz CT molecular complexity index is 281. The van der Waals surface area contributed by atoms with Gasteiger partial charge >= 0.3 is 153 Å². The predicted octanol–water partition coefficient (Wildman–Crippen LogP) is -7.95. The second kappa shape index (κ2) is 9.45. The molecule has 0 aliphatic rings. The van der Waals surface area contributed by atoms with Crippen LogP contribution in [-0.2, 0) is 22.3 Å². The van der Waals surface area contributed by atoms with Gasteiger partial charge in [-0.1, -0.05) is 0 Å². The Morgan fingerprint density at radius 2 is 1.20 bits per heavy atom. The van der Waals surface area contributed by atoms with E-state index in [4.69, 9.17) is 14.7 Å². The first-order valence-corrected chi connectivity index (χ1v) is 6.73. The summed E-state index contributed by atoms with van der Waals surface area (Å²) in [7, 11) is -16.9. The number of rotatable bonds is 4. The quantitative estimate of drug-likeness (QED) is 0.301. The summed E-state index contributed by atoms with van der Waals surface area (Å²) in [6.07, 6.45) is 0. The molecule has 0 heterocycles. The zero-order chi connectivity index (χ0) is 10.9. The minimum atomic E-state index is -5.85. The van der Waals surface area contributed by atoms with Crippen molar-refractivity contribution in [2.75, 3.05) is 0 Å². The molecule has 0 saturated carbocycles. The molecule has 3 N–H and O–H groups in total. The minimum absolute atomic E-state index is 0. The molecular formula is H3Cs2O10P3. The van der Waals surface area contributed by atoms with Gasteiger partial charge in [-0.2, -0.15) is 4.31 Å². The SMILES string of the molecule is O=P([O-])([O-])OP(=O)(O)OP(=O)(O)O.[Cs+].[Cs+]. The van der Waals surface area contributed by atoms with Gasteiger partial charge in [-0.15, -0.1) is 0 Å². The fourth-order valence-electron chi connectivity index (χ4n) is 0.276. The minimum Gasteiger partial charge on any atom is -0.789 e. The predicted molar refractivity (Wildman–Crippen MR) is 31.6 cm³/mol. The molecule has 0 aromatic heterocycles. The van der Waals surface area contributed by atoms with Gasteiger partial charge in [-0.05, 0) is 0 Å². The van der Waals surface area contributed by atoms with Crippen LogP contribution in [0.25, 0.3) is 0 Å². The fourth-order valence-corrected chi connectivity index (χ4v) is 2.75. The summed E-state index contributed by atoms with van der Waals surface area (Å²) in [5.74, 6) is 0. The van der Waals surface area contributed by atoms with Crippen LogP contribution >= 0.6 is 23.5 Å².